The molecule has 0 saturated heterocycles. The van der Waals surface area contributed by atoms with Gasteiger partial charge in [-0.25, -0.2) is 14.4 Å². The summed E-state index contributed by atoms with van der Waals surface area (Å²) in [6, 6.07) is -2.47. The van der Waals surface area contributed by atoms with Crippen LogP contribution in [-0.4, -0.2) is 42.3 Å². The molecule has 0 aromatic rings. The zero-order valence-electron chi connectivity index (χ0n) is 13.3. The Hall–Kier alpha value is -1.79. The number of ether oxygens (including phenoxy) is 1. The monoisotopic (exact) mass is 302 g/mol. The number of methoxy groups -OCH3 is 1. The molecular formula is C14H26N2O5. The van der Waals surface area contributed by atoms with Crippen molar-refractivity contribution in [3.63, 3.8) is 0 Å². The van der Waals surface area contributed by atoms with E-state index < -0.39 is 30.1 Å². The number of hydrogen-bond acceptors (Lipinski definition) is 4. The maximum Gasteiger partial charge on any atom is 0.328 e. The summed E-state index contributed by atoms with van der Waals surface area (Å²) in [5.74, 6) is -1.68. The Balaban J connectivity index is 4.74. The smallest absolute Gasteiger partial charge is 0.328 e. The van der Waals surface area contributed by atoms with Crippen molar-refractivity contribution < 1.29 is 24.2 Å². The van der Waals surface area contributed by atoms with Crippen molar-refractivity contribution in [2.24, 2.45) is 11.8 Å². The van der Waals surface area contributed by atoms with Crippen molar-refractivity contribution in [3.8, 4) is 0 Å². The van der Waals surface area contributed by atoms with Gasteiger partial charge < -0.3 is 20.5 Å². The van der Waals surface area contributed by atoms with Crippen LogP contribution in [0, 0.1) is 11.8 Å². The van der Waals surface area contributed by atoms with E-state index in [1.807, 2.05) is 20.8 Å². The fraction of sp³-hybridized carbons (Fsp3) is 0.786. The summed E-state index contributed by atoms with van der Waals surface area (Å²) in [5.41, 5.74) is 0. The number of carbonyl (C=O) groups excluding carboxylic acids is 2. The Morgan fingerprint density at radius 2 is 1.71 bits per heavy atom. The van der Waals surface area contributed by atoms with E-state index in [0.29, 0.717) is 12.8 Å². The van der Waals surface area contributed by atoms with Gasteiger partial charge in [0.05, 0.1) is 7.11 Å². The van der Waals surface area contributed by atoms with Crippen LogP contribution in [0.25, 0.3) is 0 Å². The Labute approximate surface area is 125 Å². The van der Waals surface area contributed by atoms with Gasteiger partial charge in [0.15, 0.2) is 0 Å². The first kappa shape index (κ1) is 19.2. The van der Waals surface area contributed by atoms with E-state index >= 15 is 0 Å². The van der Waals surface area contributed by atoms with Crippen LogP contribution in [0.3, 0.4) is 0 Å². The van der Waals surface area contributed by atoms with E-state index in [-0.39, 0.29) is 11.8 Å². The number of urea groups is 1. The fourth-order valence-electron chi connectivity index (χ4n) is 1.85. The summed E-state index contributed by atoms with van der Waals surface area (Å²) < 4.78 is 4.64. The molecule has 3 atom stereocenters. The van der Waals surface area contributed by atoms with Crippen LogP contribution < -0.4 is 10.6 Å². The van der Waals surface area contributed by atoms with Crippen molar-refractivity contribution in [1.82, 2.24) is 10.6 Å². The lowest BCUT2D eigenvalue weighted by atomic mass is 9.99. The summed E-state index contributed by atoms with van der Waals surface area (Å²) in [5, 5.41) is 14.0. The SMILES string of the molecule is CCC(C)[C@H](NC(=O)NC(CC(C)C)C(=O)OC)C(=O)O. The lowest BCUT2D eigenvalue weighted by Crippen LogP contribution is -2.53. The summed E-state index contributed by atoms with van der Waals surface area (Å²) >= 11 is 0. The first-order valence-electron chi connectivity index (χ1n) is 7.10. The van der Waals surface area contributed by atoms with Crippen molar-refractivity contribution in [2.75, 3.05) is 7.11 Å². The van der Waals surface area contributed by atoms with Gasteiger partial charge in [-0.1, -0.05) is 34.1 Å². The Morgan fingerprint density at radius 3 is 2.10 bits per heavy atom. The molecule has 0 aliphatic rings. The average molecular weight is 302 g/mol. The van der Waals surface area contributed by atoms with Gasteiger partial charge in [-0.2, -0.15) is 0 Å². The van der Waals surface area contributed by atoms with Crippen molar-refractivity contribution in [3.05, 3.63) is 0 Å². The molecule has 0 spiro atoms. The second-order valence-corrected chi connectivity index (χ2v) is 5.52. The molecule has 0 rings (SSSR count). The number of carboxylic acid groups (broad SMARTS) is 1. The van der Waals surface area contributed by atoms with Crippen LogP contribution in [-0.2, 0) is 14.3 Å². The maximum absolute atomic E-state index is 11.9. The molecule has 0 heterocycles. The number of carbonyl (C=O) groups is 3. The zero-order valence-corrected chi connectivity index (χ0v) is 13.3. The van der Waals surface area contributed by atoms with E-state index in [4.69, 9.17) is 5.11 Å². The van der Waals surface area contributed by atoms with Crippen LogP contribution >= 0.6 is 0 Å². The van der Waals surface area contributed by atoms with E-state index in [9.17, 15) is 14.4 Å². The lowest BCUT2D eigenvalue weighted by molar-refractivity contribution is -0.143. The van der Waals surface area contributed by atoms with E-state index in [1.165, 1.54) is 7.11 Å². The van der Waals surface area contributed by atoms with Crippen LogP contribution in [0.2, 0.25) is 0 Å². The molecule has 3 N–H and O–H groups in total. The first-order valence-corrected chi connectivity index (χ1v) is 7.10. The van der Waals surface area contributed by atoms with Gasteiger partial charge in [-0.3, -0.25) is 0 Å². The van der Waals surface area contributed by atoms with Crippen molar-refractivity contribution in [2.45, 2.75) is 52.6 Å². The highest BCUT2D eigenvalue weighted by atomic mass is 16.5. The molecule has 0 radical (unpaired) electrons. The topological polar surface area (TPSA) is 105 Å². The Morgan fingerprint density at radius 1 is 1.14 bits per heavy atom. The number of amides is 2. The summed E-state index contributed by atoms with van der Waals surface area (Å²) in [6.07, 6.45) is 1.03. The normalized spacial score (nSPS) is 15.0. The number of nitrogens with one attached hydrogen (secondary N) is 2. The van der Waals surface area contributed by atoms with Gasteiger partial charge in [0.2, 0.25) is 0 Å². The Kier molecular flexibility index (Phi) is 8.42. The van der Waals surface area contributed by atoms with Crippen LogP contribution in [0.1, 0.15) is 40.5 Å². The summed E-state index contributed by atoms with van der Waals surface area (Å²) in [4.78, 5) is 34.7. The highest BCUT2D eigenvalue weighted by Crippen LogP contribution is 2.09. The number of carboxylic acids is 1. The van der Waals surface area contributed by atoms with Crippen LogP contribution in [0.15, 0.2) is 0 Å². The largest absolute Gasteiger partial charge is 0.480 e. The molecule has 7 heteroatoms. The van der Waals surface area contributed by atoms with Gasteiger partial charge in [0.1, 0.15) is 12.1 Å². The minimum atomic E-state index is -1.10. The second-order valence-electron chi connectivity index (χ2n) is 5.52. The van der Waals surface area contributed by atoms with Crippen molar-refractivity contribution in [1.29, 1.82) is 0 Å². The lowest BCUT2D eigenvalue weighted by Gasteiger charge is -2.23. The van der Waals surface area contributed by atoms with Gasteiger partial charge in [0, 0.05) is 0 Å². The highest BCUT2D eigenvalue weighted by molar-refractivity contribution is 5.86. The minimum Gasteiger partial charge on any atom is -0.480 e. The maximum atomic E-state index is 11.9. The van der Waals surface area contributed by atoms with E-state index in [2.05, 4.69) is 15.4 Å². The van der Waals surface area contributed by atoms with Gasteiger partial charge in [-0.05, 0) is 18.3 Å². The van der Waals surface area contributed by atoms with Crippen LogP contribution in [0.5, 0.6) is 0 Å². The Bertz CT molecular complexity index is 370. The predicted octanol–water partition coefficient (Wildman–Crippen LogP) is 1.37. The standard InChI is InChI=1S/C14H26N2O5/c1-6-9(4)11(12(17)18)16-14(20)15-10(7-8(2)3)13(19)21-5/h8-11H,6-7H2,1-5H3,(H,17,18)(H2,15,16,20)/t9?,10?,11-/m0/s1. The molecule has 0 aliphatic heterocycles. The zero-order chi connectivity index (χ0) is 16.6. The second kappa shape index (κ2) is 9.20. The number of hydrogen-bond donors (Lipinski definition) is 3. The third kappa shape index (κ3) is 6.97. The third-order valence-electron chi connectivity index (χ3n) is 3.26. The minimum absolute atomic E-state index is 0.180. The molecular weight excluding hydrogens is 276 g/mol. The number of aliphatic carboxylic acids is 1. The molecule has 0 saturated carbocycles. The quantitative estimate of drug-likeness (QED) is 0.587. The van der Waals surface area contributed by atoms with Gasteiger partial charge in [-0.15, -0.1) is 0 Å². The van der Waals surface area contributed by atoms with E-state index in [1.54, 1.807) is 6.92 Å². The molecule has 0 aromatic heterocycles. The molecule has 122 valence electrons. The van der Waals surface area contributed by atoms with E-state index in [0.717, 1.165) is 0 Å². The van der Waals surface area contributed by atoms with Gasteiger partial charge >= 0.3 is 18.0 Å². The highest BCUT2D eigenvalue weighted by Gasteiger charge is 2.28. The molecule has 7 nitrogen and oxygen atoms in total. The summed E-state index contributed by atoms with van der Waals surface area (Å²) in [6.45, 7) is 7.41. The molecule has 2 unspecified atom stereocenters. The average Bonchev–Trinajstić information content (AvgIpc) is 2.41. The number of rotatable bonds is 8. The predicted molar refractivity (Wildman–Crippen MR) is 77.8 cm³/mol. The fourth-order valence-corrected chi connectivity index (χ4v) is 1.85. The number of esters is 1. The molecule has 21 heavy (non-hydrogen) atoms. The molecule has 0 fully saturated rings. The third-order valence-corrected chi connectivity index (χ3v) is 3.26. The molecule has 2 amide bonds. The van der Waals surface area contributed by atoms with Crippen LogP contribution in [0.4, 0.5) is 4.79 Å². The molecule has 0 bridgehead atoms. The van der Waals surface area contributed by atoms with Crippen molar-refractivity contribution >= 4 is 18.0 Å². The summed E-state index contributed by atoms with van der Waals surface area (Å²) in [7, 11) is 1.24. The molecule has 0 aromatic carbocycles. The first-order chi connectivity index (χ1) is 9.72. The van der Waals surface area contributed by atoms with Gasteiger partial charge in [0.25, 0.3) is 0 Å². The molecule has 0 aliphatic carbocycles.